The lowest BCUT2D eigenvalue weighted by Crippen LogP contribution is -2.32. The zero-order valence-corrected chi connectivity index (χ0v) is 13.6. The van der Waals surface area contributed by atoms with E-state index < -0.39 is 0 Å². The molecule has 1 N–H and O–H groups in total. The monoisotopic (exact) mass is 328 g/mol. The van der Waals surface area contributed by atoms with Gasteiger partial charge in [-0.25, -0.2) is 0 Å². The highest BCUT2D eigenvalue weighted by Crippen LogP contribution is 2.13. The molecule has 0 fully saturated rings. The van der Waals surface area contributed by atoms with Gasteiger partial charge in [0.2, 0.25) is 0 Å². The van der Waals surface area contributed by atoms with Gasteiger partial charge in [0.1, 0.15) is 0 Å². The summed E-state index contributed by atoms with van der Waals surface area (Å²) in [6.45, 7) is 6.98. The zero-order valence-electron chi connectivity index (χ0n) is 12.0. The Labute approximate surface area is 125 Å². The first-order chi connectivity index (χ1) is 9.26. The van der Waals surface area contributed by atoms with Crippen LogP contribution in [-0.4, -0.2) is 30.8 Å². The largest absolute Gasteiger partial charge is 0.382 e. The predicted molar refractivity (Wildman–Crippen MR) is 83.4 cm³/mol. The fourth-order valence-electron chi connectivity index (χ4n) is 2.05. The van der Waals surface area contributed by atoms with E-state index >= 15 is 0 Å². The molecule has 0 aliphatic carbocycles. The maximum Gasteiger partial charge on any atom is 0.0466 e. The summed E-state index contributed by atoms with van der Waals surface area (Å²) >= 11 is 3.48. The van der Waals surface area contributed by atoms with Crippen molar-refractivity contribution in [3.63, 3.8) is 0 Å². The molecule has 3 nitrogen and oxygen atoms in total. The fraction of sp³-hybridized carbons (Fsp3) is 0.667. The summed E-state index contributed by atoms with van der Waals surface area (Å²) in [6, 6.07) is 2.66. The topological polar surface area (TPSA) is 34.1 Å². The first kappa shape index (κ1) is 16.6. The summed E-state index contributed by atoms with van der Waals surface area (Å²) in [5, 5.41) is 3.62. The highest BCUT2D eigenvalue weighted by molar-refractivity contribution is 9.10. The van der Waals surface area contributed by atoms with E-state index in [9.17, 15) is 0 Å². The van der Waals surface area contributed by atoms with E-state index in [4.69, 9.17) is 4.74 Å². The van der Waals surface area contributed by atoms with E-state index in [-0.39, 0.29) is 0 Å². The van der Waals surface area contributed by atoms with Gasteiger partial charge in [0.05, 0.1) is 0 Å². The van der Waals surface area contributed by atoms with E-state index in [1.165, 1.54) is 12.0 Å². The highest BCUT2D eigenvalue weighted by atomic mass is 79.9. The normalized spacial score (nSPS) is 12.6. The average Bonchev–Trinajstić information content (AvgIpc) is 2.40. The van der Waals surface area contributed by atoms with Crippen molar-refractivity contribution in [1.82, 2.24) is 10.3 Å². The Morgan fingerprint density at radius 2 is 2.21 bits per heavy atom. The molecule has 1 aromatic rings. The van der Waals surface area contributed by atoms with Gasteiger partial charge in [0.15, 0.2) is 0 Å². The second kappa shape index (κ2) is 10.4. The third kappa shape index (κ3) is 7.65. The molecule has 1 atom stereocenters. The van der Waals surface area contributed by atoms with Crippen LogP contribution in [0.15, 0.2) is 22.9 Å². The Morgan fingerprint density at radius 3 is 2.89 bits per heavy atom. The number of aromatic nitrogens is 1. The summed E-state index contributed by atoms with van der Waals surface area (Å²) in [5.41, 5.74) is 1.28. The van der Waals surface area contributed by atoms with Crippen LogP contribution in [0.4, 0.5) is 0 Å². The summed E-state index contributed by atoms with van der Waals surface area (Å²) < 4.78 is 6.46. The summed E-state index contributed by atoms with van der Waals surface area (Å²) in [5.74, 6) is 0. The highest BCUT2D eigenvalue weighted by Gasteiger charge is 2.09. The van der Waals surface area contributed by atoms with Crippen molar-refractivity contribution in [2.75, 3.05) is 19.8 Å². The quantitative estimate of drug-likeness (QED) is 0.667. The predicted octanol–water partition coefficient (Wildman–Crippen LogP) is 3.57. The van der Waals surface area contributed by atoms with Gasteiger partial charge in [0, 0.05) is 36.1 Å². The number of halogens is 1. The van der Waals surface area contributed by atoms with Crippen LogP contribution in [0.1, 0.15) is 38.7 Å². The molecule has 19 heavy (non-hydrogen) atoms. The molecular weight excluding hydrogens is 304 g/mol. The van der Waals surface area contributed by atoms with E-state index in [1.54, 1.807) is 0 Å². The van der Waals surface area contributed by atoms with Crippen molar-refractivity contribution < 1.29 is 4.74 Å². The van der Waals surface area contributed by atoms with Crippen LogP contribution >= 0.6 is 15.9 Å². The van der Waals surface area contributed by atoms with Crippen molar-refractivity contribution in [3.05, 3.63) is 28.5 Å². The molecule has 4 heteroatoms. The molecule has 0 radical (unpaired) electrons. The van der Waals surface area contributed by atoms with Crippen LogP contribution in [0.3, 0.4) is 0 Å². The lowest BCUT2D eigenvalue weighted by Gasteiger charge is -2.18. The number of rotatable bonds is 10. The van der Waals surface area contributed by atoms with E-state index in [1.807, 2.05) is 19.3 Å². The Bertz CT molecular complexity index is 347. The van der Waals surface area contributed by atoms with E-state index in [0.29, 0.717) is 6.04 Å². The van der Waals surface area contributed by atoms with Gasteiger partial charge >= 0.3 is 0 Å². The Kier molecular flexibility index (Phi) is 9.05. The second-order valence-electron chi connectivity index (χ2n) is 4.71. The van der Waals surface area contributed by atoms with Crippen LogP contribution in [0.5, 0.6) is 0 Å². The van der Waals surface area contributed by atoms with Gasteiger partial charge in [-0.05, 0) is 66.7 Å². The van der Waals surface area contributed by atoms with Crippen molar-refractivity contribution >= 4 is 15.9 Å². The molecular formula is C15H25BrN2O. The van der Waals surface area contributed by atoms with Gasteiger partial charge in [-0.2, -0.15) is 0 Å². The average molecular weight is 329 g/mol. The Morgan fingerprint density at radius 1 is 1.37 bits per heavy atom. The molecule has 1 heterocycles. The SMILES string of the molecule is CCCNC(CCCOCC)Cc1cncc(Br)c1. The number of nitrogens with one attached hydrogen (secondary N) is 1. The number of nitrogens with zero attached hydrogens (tertiary/aromatic N) is 1. The fourth-order valence-corrected chi connectivity index (χ4v) is 2.47. The van der Waals surface area contributed by atoms with E-state index in [0.717, 1.165) is 43.5 Å². The third-order valence-electron chi connectivity index (χ3n) is 2.97. The molecule has 1 rings (SSSR count). The molecule has 1 aromatic heterocycles. The van der Waals surface area contributed by atoms with Gasteiger partial charge in [-0.15, -0.1) is 0 Å². The Hall–Kier alpha value is -0.450. The first-order valence-electron chi connectivity index (χ1n) is 7.16. The molecule has 0 spiro atoms. The van der Waals surface area contributed by atoms with Crippen molar-refractivity contribution in [1.29, 1.82) is 0 Å². The van der Waals surface area contributed by atoms with Crippen molar-refractivity contribution in [2.24, 2.45) is 0 Å². The molecule has 0 saturated carbocycles. The lowest BCUT2D eigenvalue weighted by molar-refractivity contribution is 0.140. The van der Waals surface area contributed by atoms with Crippen molar-refractivity contribution in [3.8, 4) is 0 Å². The minimum absolute atomic E-state index is 0.511. The molecule has 0 aromatic carbocycles. The van der Waals surface area contributed by atoms with Crippen LogP contribution in [0, 0.1) is 0 Å². The van der Waals surface area contributed by atoms with Gasteiger partial charge in [-0.3, -0.25) is 4.98 Å². The molecule has 1 unspecified atom stereocenters. The summed E-state index contributed by atoms with van der Waals surface area (Å²) in [4.78, 5) is 4.23. The summed E-state index contributed by atoms with van der Waals surface area (Å²) in [6.07, 6.45) is 8.22. The van der Waals surface area contributed by atoms with Crippen LogP contribution in [-0.2, 0) is 11.2 Å². The molecule has 0 aliphatic heterocycles. The standard InChI is InChI=1S/C15H25BrN2O/c1-3-7-18-15(6-5-8-19-4-2)10-13-9-14(16)12-17-11-13/h9,11-12,15,18H,3-8,10H2,1-2H3. The number of pyridine rings is 1. The summed E-state index contributed by atoms with van der Waals surface area (Å²) in [7, 11) is 0. The van der Waals surface area contributed by atoms with Gasteiger partial charge < -0.3 is 10.1 Å². The molecule has 0 aliphatic rings. The lowest BCUT2D eigenvalue weighted by atomic mass is 10.0. The number of ether oxygens (including phenoxy) is 1. The minimum atomic E-state index is 0.511. The molecule has 0 bridgehead atoms. The molecule has 0 saturated heterocycles. The maximum absolute atomic E-state index is 5.41. The minimum Gasteiger partial charge on any atom is -0.382 e. The Balaban J connectivity index is 2.43. The van der Waals surface area contributed by atoms with Gasteiger partial charge in [0.25, 0.3) is 0 Å². The molecule has 0 amide bonds. The van der Waals surface area contributed by atoms with Crippen LogP contribution < -0.4 is 5.32 Å². The first-order valence-corrected chi connectivity index (χ1v) is 7.96. The maximum atomic E-state index is 5.41. The van der Waals surface area contributed by atoms with Gasteiger partial charge in [-0.1, -0.05) is 6.92 Å². The van der Waals surface area contributed by atoms with Crippen LogP contribution in [0.2, 0.25) is 0 Å². The second-order valence-corrected chi connectivity index (χ2v) is 5.62. The van der Waals surface area contributed by atoms with Crippen molar-refractivity contribution in [2.45, 2.75) is 45.6 Å². The van der Waals surface area contributed by atoms with E-state index in [2.05, 4.69) is 39.2 Å². The number of hydrogen-bond acceptors (Lipinski definition) is 3. The molecule has 108 valence electrons. The number of hydrogen-bond donors (Lipinski definition) is 1. The van der Waals surface area contributed by atoms with Crippen LogP contribution in [0.25, 0.3) is 0 Å². The third-order valence-corrected chi connectivity index (χ3v) is 3.41. The zero-order chi connectivity index (χ0) is 13.9. The smallest absolute Gasteiger partial charge is 0.0466 e.